The van der Waals surface area contributed by atoms with Crippen molar-refractivity contribution in [1.29, 1.82) is 0 Å². The minimum Gasteiger partial charge on any atom is -0.149 e. The van der Waals surface area contributed by atoms with Crippen LogP contribution in [-0.4, -0.2) is 0 Å². The van der Waals surface area contributed by atoms with Crippen LogP contribution in [0.5, 0.6) is 0 Å². The molecular weight excluding hydrogens is 188 g/mol. The van der Waals surface area contributed by atoms with Crippen LogP contribution in [0.2, 0.25) is 0 Å². The Hall–Kier alpha value is -1.08. The molecule has 0 unspecified atom stereocenters. The van der Waals surface area contributed by atoms with Gasteiger partial charge in [-0.15, -0.1) is 11.3 Å². The van der Waals surface area contributed by atoms with Crippen LogP contribution in [0.3, 0.4) is 0 Å². The lowest BCUT2D eigenvalue weighted by atomic mass is 10.0. The molecule has 1 heterocycles. The van der Waals surface area contributed by atoms with E-state index in [1.54, 1.807) is 0 Å². The van der Waals surface area contributed by atoms with Gasteiger partial charge in [-0.1, -0.05) is 29.8 Å². The van der Waals surface area contributed by atoms with Crippen molar-refractivity contribution in [2.75, 3.05) is 0 Å². The molecule has 0 bridgehead atoms. The average molecular weight is 202 g/mol. The second-order valence-electron chi connectivity index (χ2n) is 3.69. The van der Waals surface area contributed by atoms with Gasteiger partial charge >= 0.3 is 0 Å². The molecule has 0 amide bonds. The maximum absolute atomic E-state index is 2.25. The number of thiophene rings is 1. The molecule has 0 aliphatic carbocycles. The van der Waals surface area contributed by atoms with Gasteiger partial charge in [0.25, 0.3) is 0 Å². The molecule has 0 aliphatic rings. The molecule has 0 radical (unpaired) electrons. The van der Waals surface area contributed by atoms with Crippen molar-refractivity contribution in [3.63, 3.8) is 0 Å². The van der Waals surface area contributed by atoms with Crippen LogP contribution in [0.1, 0.15) is 21.6 Å². The van der Waals surface area contributed by atoms with E-state index in [1.165, 1.54) is 21.6 Å². The van der Waals surface area contributed by atoms with Crippen molar-refractivity contribution in [3.05, 3.63) is 57.3 Å². The molecule has 1 aromatic carbocycles. The van der Waals surface area contributed by atoms with E-state index in [0.29, 0.717) is 0 Å². The summed E-state index contributed by atoms with van der Waals surface area (Å²) in [6, 6.07) is 11.0. The number of aryl methyl sites for hydroxylation is 2. The predicted molar refractivity (Wildman–Crippen MR) is 63.0 cm³/mol. The van der Waals surface area contributed by atoms with Crippen LogP contribution in [0.15, 0.2) is 35.7 Å². The molecular formula is C13H14S. The van der Waals surface area contributed by atoms with E-state index >= 15 is 0 Å². The fourth-order valence-corrected chi connectivity index (χ4v) is 2.37. The quantitative estimate of drug-likeness (QED) is 0.691. The molecule has 0 atom stereocenters. The second-order valence-corrected chi connectivity index (χ2v) is 4.72. The van der Waals surface area contributed by atoms with Crippen LogP contribution < -0.4 is 0 Å². The van der Waals surface area contributed by atoms with Crippen molar-refractivity contribution in [2.24, 2.45) is 0 Å². The second kappa shape index (κ2) is 3.97. The topological polar surface area (TPSA) is 0 Å². The lowest BCUT2D eigenvalue weighted by Crippen LogP contribution is -1.89. The monoisotopic (exact) mass is 202 g/mol. The van der Waals surface area contributed by atoms with E-state index in [-0.39, 0.29) is 0 Å². The van der Waals surface area contributed by atoms with E-state index in [2.05, 4.69) is 49.6 Å². The van der Waals surface area contributed by atoms with Crippen LogP contribution in [0, 0.1) is 13.8 Å². The molecule has 0 saturated heterocycles. The first-order valence-electron chi connectivity index (χ1n) is 4.84. The van der Waals surface area contributed by atoms with Gasteiger partial charge in [0.2, 0.25) is 0 Å². The highest BCUT2D eigenvalue weighted by atomic mass is 32.1. The SMILES string of the molecule is Cc1ccc(Cc2cccs2)c(C)c1. The third-order valence-corrected chi connectivity index (χ3v) is 3.32. The van der Waals surface area contributed by atoms with Gasteiger partial charge in [-0.05, 0) is 36.4 Å². The largest absolute Gasteiger partial charge is 0.149 e. The highest BCUT2D eigenvalue weighted by Crippen LogP contribution is 2.18. The van der Waals surface area contributed by atoms with Gasteiger partial charge < -0.3 is 0 Å². The van der Waals surface area contributed by atoms with E-state index in [1.807, 2.05) is 11.3 Å². The summed E-state index contributed by atoms with van der Waals surface area (Å²) in [5.74, 6) is 0. The normalized spacial score (nSPS) is 10.4. The van der Waals surface area contributed by atoms with Crippen molar-refractivity contribution >= 4 is 11.3 Å². The molecule has 0 fully saturated rings. The third-order valence-electron chi connectivity index (χ3n) is 2.44. The lowest BCUT2D eigenvalue weighted by Gasteiger charge is -2.04. The minimum atomic E-state index is 1.07. The molecule has 2 rings (SSSR count). The zero-order chi connectivity index (χ0) is 9.97. The van der Waals surface area contributed by atoms with Crippen LogP contribution in [-0.2, 0) is 6.42 Å². The van der Waals surface area contributed by atoms with Crippen LogP contribution >= 0.6 is 11.3 Å². The molecule has 0 nitrogen and oxygen atoms in total. The Morgan fingerprint density at radius 1 is 1.14 bits per heavy atom. The molecule has 0 N–H and O–H groups in total. The molecule has 14 heavy (non-hydrogen) atoms. The summed E-state index contributed by atoms with van der Waals surface area (Å²) in [7, 11) is 0. The van der Waals surface area contributed by atoms with Gasteiger partial charge in [-0.2, -0.15) is 0 Å². The molecule has 1 heteroatoms. The fourth-order valence-electron chi connectivity index (χ4n) is 1.65. The number of rotatable bonds is 2. The molecule has 1 aromatic heterocycles. The standard InChI is InChI=1S/C13H14S/c1-10-5-6-12(11(2)8-10)9-13-4-3-7-14-13/h3-8H,9H2,1-2H3. The predicted octanol–water partition coefficient (Wildman–Crippen LogP) is 3.96. The van der Waals surface area contributed by atoms with Gasteiger partial charge in [0.05, 0.1) is 0 Å². The lowest BCUT2D eigenvalue weighted by molar-refractivity contribution is 1.18. The fraction of sp³-hybridized carbons (Fsp3) is 0.231. The van der Waals surface area contributed by atoms with Crippen molar-refractivity contribution in [1.82, 2.24) is 0 Å². The van der Waals surface area contributed by atoms with Crippen molar-refractivity contribution in [2.45, 2.75) is 20.3 Å². The summed E-state index contributed by atoms with van der Waals surface area (Å²) in [6.45, 7) is 4.33. The molecule has 0 spiro atoms. The maximum Gasteiger partial charge on any atom is 0.00891 e. The van der Waals surface area contributed by atoms with Crippen molar-refractivity contribution in [3.8, 4) is 0 Å². The minimum absolute atomic E-state index is 1.07. The molecule has 0 saturated carbocycles. The summed E-state index contributed by atoms with van der Waals surface area (Å²) in [5.41, 5.74) is 4.19. The Kier molecular flexibility index (Phi) is 2.69. The Bertz CT molecular complexity index is 413. The zero-order valence-corrected chi connectivity index (χ0v) is 9.40. The third kappa shape index (κ3) is 2.05. The number of benzene rings is 1. The van der Waals surface area contributed by atoms with Gasteiger partial charge in [0.15, 0.2) is 0 Å². The van der Waals surface area contributed by atoms with E-state index < -0.39 is 0 Å². The molecule has 2 aromatic rings. The highest BCUT2D eigenvalue weighted by Gasteiger charge is 2.00. The Morgan fingerprint density at radius 3 is 2.64 bits per heavy atom. The van der Waals surface area contributed by atoms with Crippen LogP contribution in [0.25, 0.3) is 0 Å². The summed E-state index contributed by atoms with van der Waals surface area (Å²) in [5, 5.41) is 2.14. The maximum atomic E-state index is 2.25. The Labute approximate surface area is 89.2 Å². The average Bonchev–Trinajstić information content (AvgIpc) is 2.62. The first kappa shape index (κ1) is 9.47. The molecule has 72 valence electrons. The summed E-state index contributed by atoms with van der Waals surface area (Å²) in [6.07, 6.45) is 1.07. The number of hydrogen-bond acceptors (Lipinski definition) is 1. The summed E-state index contributed by atoms with van der Waals surface area (Å²) >= 11 is 1.83. The first-order chi connectivity index (χ1) is 6.75. The van der Waals surface area contributed by atoms with Crippen LogP contribution in [0.4, 0.5) is 0 Å². The van der Waals surface area contributed by atoms with E-state index in [9.17, 15) is 0 Å². The van der Waals surface area contributed by atoms with Crippen molar-refractivity contribution < 1.29 is 0 Å². The van der Waals surface area contributed by atoms with Gasteiger partial charge in [0.1, 0.15) is 0 Å². The van der Waals surface area contributed by atoms with E-state index in [4.69, 9.17) is 0 Å². The van der Waals surface area contributed by atoms with Gasteiger partial charge in [-0.3, -0.25) is 0 Å². The smallest absolute Gasteiger partial charge is 0.00891 e. The summed E-state index contributed by atoms with van der Waals surface area (Å²) < 4.78 is 0. The highest BCUT2D eigenvalue weighted by molar-refractivity contribution is 7.09. The zero-order valence-electron chi connectivity index (χ0n) is 8.58. The molecule has 0 aliphatic heterocycles. The number of hydrogen-bond donors (Lipinski definition) is 0. The first-order valence-corrected chi connectivity index (χ1v) is 5.72. The summed E-state index contributed by atoms with van der Waals surface area (Å²) in [4.78, 5) is 1.44. The van der Waals surface area contributed by atoms with E-state index in [0.717, 1.165) is 6.42 Å². The van der Waals surface area contributed by atoms with Gasteiger partial charge in [-0.25, -0.2) is 0 Å². The Morgan fingerprint density at radius 2 is 2.00 bits per heavy atom. The Balaban J connectivity index is 2.25. The van der Waals surface area contributed by atoms with Gasteiger partial charge in [0, 0.05) is 11.3 Å².